The molecule has 5 heteroatoms. The van der Waals surface area contributed by atoms with E-state index >= 15 is 0 Å². The van der Waals surface area contributed by atoms with Crippen LogP contribution in [0.3, 0.4) is 0 Å². The fraction of sp³-hybridized carbons (Fsp3) is 0.562. The minimum atomic E-state index is -0.218. The number of benzene rings is 1. The number of hydrogen-bond acceptors (Lipinski definition) is 3. The predicted octanol–water partition coefficient (Wildman–Crippen LogP) is 2.76. The number of nitrogens with one attached hydrogen (secondary N) is 2. The Balaban J connectivity index is 1.85. The number of amides is 2. The Morgan fingerprint density at radius 1 is 1.29 bits per heavy atom. The van der Waals surface area contributed by atoms with Crippen molar-refractivity contribution in [2.45, 2.75) is 38.6 Å². The lowest BCUT2D eigenvalue weighted by atomic mass is 9.85. The average molecular weight is 292 g/mol. The van der Waals surface area contributed by atoms with Crippen molar-refractivity contribution in [2.24, 2.45) is 5.92 Å². The normalized spacial score (nSPS) is 21.6. The summed E-state index contributed by atoms with van der Waals surface area (Å²) in [6, 6.07) is 7.13. The van der Waals surface area contributed by atoms with Gasteiger partial charge in [0, 0.05) is 24.3 Å². The lowest BCUT2D eigenvalue weighted by Gasteiger charge is -2.30. The average Bonchev–Trinajstić information content (AvgIpc) is 2.50. The van der Waals surface area contributed by atoms with Crippen LogP contribution in [0.2, 0.25) is 0 Å². The number of anilines is 1. The highest BCUT2D eigenvalue weighted by Crippen LogP contribution is 2.24. The molecule has 116 valence electrons. The zero-order valence-corrected chi connectivity index (χ0v) is 12.5. The maximum Gasteiger partial charge on any atom is 0.319 e. The largest absolute Gasteiger partial charge is 0.494 e. The third-order valence-corrected chi connectivity index (χ3v) is 3.88. The SMILES string of the molecule is CCOc1ccc(NC(=O)NC2CCCCC2CO)cc1. The molecule has 3 N–H and O–H groups in total. The zero-order valence-electron chi connectivity index (χ0n) is 12.5. The molecular weight excluding hydrogens is 268 g/mol. The summed E-state index contributed by atoms with van der Waals surface area (Å²) in [5.74, 6) is 0.959. The molecule has 0 radical (unpaired) electrons. The van der Waals surface area contributed by atoms with Gasteiger partial charge in [0.15, 0.2) is 0 Å². The summed E-state index contributed by atoms with van der Waals surface area (Å²) in [5, 5.41) is 15.1. The molecule has 0 saturated heterocycles. The van der Waals surface area contributed by atoms with Crippen LogP contribution in [0.4, 0.5) is 10.5 Å². The molecule has 0 aliphatic heterocycles. The van der Waals surface area contributed by atoms with Gasteiger partial charge in [-0.25, -0.2) is 4.79 Å². The first-order valence-electron chi connectivity index (χ1n) is 7.64. The summed E-state index contributed by atoms with van der Waals surface area (Å²) < 4.78 is 5.36. The van der Waals surface area contributed by atoms with Crippen LogP contribution in [0, 0.1) is 5.92 Å². The van der Waals surface area contributed by atoms with Crippen molar-refractivity contribution in [3.8, 4) is 5.75 Å². The third kappa shape index (κ3) is 4.63. The molecule has 0 bridgehead atoms. The van der Waals surface area contributed by atoms with Gasteiger partial charge >= 0.3 is 6.03 Å². The topological polar surface area (TPSA) is 70.6 Å². The molecule has 21 heavy (non-hydrogen) atoms. The van der Waals surface area contributed by atoms with Gasteiger partial charge < -0.3 is 20.5 Å². The van der Waals surface area contributed by atoms with Crippen LogP contribution < -0.4 is 15.4 Å². The smallest absolute Gasteiger partial charge is 0.319 e. The number of aliphatic hydroxyl groups excluding tert-OH is 1. The number of aliphatic hydroxyl groups is 1. The number of hydrogen-bond donors (Lipinski definition) is 3. The van der Waals surface area contributed by atoms with Gasteiger partial charge in [-0.2, -0.15) is 0 Å². The number of carbonyl (C=O) groups excluding carboxylic acids is 1. The molecule has 1 fully saturated rings. The first kappa shape index (κ1) is 15.6. The van der Waals surface area contributed by atoms with Crippen LogP contribution in [0.25, 0.3) is 0 Å². The summed E-state index contributed by atoms with van der Waals surface area (Å²) in [4.78, 5) is 12.0. The quantitative estimate of drug-likeness (QED) is 0.781. The van der Waals surface area contributed by atoms with E-state index in [9.17, 15) is 9.90 Å². The second kappa shape index (κ2) is 7.88. The van der Waals surface area contributed by atoms with Crippen molar-refractivity contribution >= 4 is 11.7 Å². The molecule has 2 amide bonds. The Bertz CT molecular complexity index is 447. The van der Waals surface area contributed by atoms with Gasteiger partial charge in [0.05, 0.1) is 6.61 Å². The minimum Gasteiger partial charge on any atom is -0.494 e. The lowest BCUT2D eigenvalue weighted by Crippen LogP contribution is -2.45. The maximum atomic E-state index is 12.0. The Labute approximate surface area is 125 Å². The van der Waals surface area contributed by atoms with E-state index in [-0.39, 0.29) is 24.6 Å². The minimum absolute atomic E-state index is 0.0615. The van der Waals surface area contributed by atoms with E-state index in [2.05, 4.69) is 10.6 Å². The van der Waals surface area contributed by atoms with E-state index in [4.69, 9.17) is 4.74 Å². The van der Waals surface area contributed by atoms with Gasteiger partial charge in [0.2, 0.25) is 0 Å². The number of carbonyl (C=O) groups is 1. The molecule has 1 aliphatic carbocycles. The fourth-order valence-electron chi connectivity index (χ4n) is 2.75. The van der Waals surface area contributed by atoms with Crippen molar-refractivity contribution in [2.75, 3.05) is 18.5 Å². The van der Waals surface area contributed by atoms with E-state index in [1.165, 1.54) is 0 Å². The van der Waals surface area contributed by atoms with E-state index in [0.29, 0.717) is 6.61 Å². The molecule has 2 unspecified atom stereocenters. The molecule has 1 aromatic carbocycles. The van der Waals surface area contributed by atoms with Crippen LogP contribution >= 0.6 is 0 Å². The van der Waals surface area contributed by atoms with Crippen molar-refractivity contribution < 1.29 is 14.6 Å². The number of rotatable bonds is 5. The standard InChI is InChI=1S/C16H24N2O3/c1-2-21-14-9-7-13(8-10-14)17-16(20)18-15-6-4-3-5-12(15)11-19/h7-10,12,15,19H,2-6,11H2,1H3,(H2,17,18,20). The molecule has 0 aromatic heterocycles. The van der Waals surface area contributed by atoms with Crippen LogP contribution in [0.1, 0.15) is 32.6 Å². The third-order valence-electron chi connectivity index (χ3n) is 3.88. The summed E-state index contributed by atoms with van der Waals surface area (Å²) in [7, 11) is 0. The Kier molecular flexibility index (Phi) is 5.87. The molecule has 0 spiro atoms. The van der Waals surface area contributed by atoms with Crippen molar-refractivity contribution in [3.63, 3.8) is 0 Å². The first-order valence-corrected chi connectivity index (χ1v) is 7.64. The van der Waals surface area contributed by atoms with E-state index < -0.39 is 0 Å². The van der Waals surface area contributed by atoms with E-state index in [0.717, 1.165) is 37.1 Å². The van der Waals surface area contributed by atoms with Crippen LogP contribution in [0.15, 0.2) is 24.3 Å². The van der Waals surface area contributed by atoms with E-state index in [1.54, 1.807) is 0 Å². The van der Waals surface area contributed by atoms with Crippen LogP contribution in [-0.2, 0) is 0 Å². The molecule has 1 aliphatic rings. The summed E-state index contributed by atoms with van der Waals surface area (Å²) in [6.07, 6.45) is 4.14. The van der Waals surface area contributed by atoms with Crippen molar-refractivity contribution in [3.05, 3.63) is 24.3 Å². The fourth-order valence-corrected chi connectivity index (χ4v) is 2.75. The van der Waals surface area contributed by atoms with Gasteiger partial charge in [-0.3, -0.25) is 0 Å². The van der Waals surface area contributed by atoms with Crippen molar-refractivity contribution in [1.29, 1.82) is 0 Å². The monoisotopic (exact) mass is 292 g/mol. The van der Waals surface area contributed by atoms with Gasteiger partial charge in [0.1, 0.15) is 5.75 Å². The lowest BCUT2D eigenvalue weighted by molar-refractivity contribution is 0.156. The Hall–Kier alpha value is -1.75. The molecular formula is C16H24N2O3. The molecule has 2 rings (SSSR count). The second-order valence-corrected chi connectivity index (χ2v) is 5.39. The highest BCUT2D eigenvalue weighted by Gasteiger charge is 2.25. The number of ether oxygens (including phenoxy) is 1. The second-order valence-electron chi connectivity index (χ2n) is 5.39. The summed E-state index contributed by atoms with van der Waals surface area (Å²) in [5.41, 5.74) is 0.729. The Morgan fingerprint density at radius 3 is 2.67 bits per heavy atom. The van der Waals surface area contributed by atoms with Crippen LogP contribution in [0.5, 0.6) is 5.75 Å². The molecule has 0 heterocycles. The van der Waals surface area contributed by atoms with Crippen molar-refractivity contribution in [1.82, 2.24) is 5.32 Å². The van der Waals surface area contributed by atoms with Gasteiger partial charge in [0.25, 0.3) is 0 Å². The maximum absolute atomic E-state index is 12.0. The highest BCUT2D eigenvalue weighted by molar-refractivity contribution is 5.89. The van der Waals surface area contributed by atoms with Gasteiger partial charge in [-0.15, -0.1) is 0 Å². The van der Waals surface area contributed by atoms with Gasteiger partial charge in [-0.05, 0) is 44.0 Å². The molecule has 2 atom stereocenters. The molecule has 1 aromatic rings. The highest BCUT2D eigenvalue weighted by atomic mass is 16.5. The Morgan fingerprint density at radius 2 is 2.00 bits per heavy atom. The summed E-state index contributed by atoms with van der Waals surface area (Å²) in [6.45, 7) is 2.69. The molecule has 1 saturated carbocycles. The zero-order chi connectivity index (χ0) is 15.1. The summed E-state index contributed by atoms with van der Waals surface area (Å²) >= 11 is 0. The first-order chi connectivity index (χ1) is 10.2. The number of urea groups is 1. The molecule has 5 nitrogen and oxygen atoms in total. The van der Waals surface area contributed by atoms with Gasteiger partial charge in [-0.1, -0.05) is 12.8 Å². The van der Waals surface area contributed by atoms with E-state index in [1.807, 2.05) is 31.2 Å². The van der Waals surface area contributed by atoms with Crippen LogP contribution in [-0.4, -0.2) is 30.4 Å². The predicted molar refractivity (Wildman–Crippen MR) is 82.6 cm³/mol.